The number of hydrogen-bond acceptors (Lipinski definition) is 7. The number of aliphatic carboxylic acids is 1. The SMILES string of the molecule is NC(=O)CCC(N)C(=O)NC(Cc1ccccc1)C(=O)NC(Cc1ccc(O)cc1)C(=O)NCC(=O)O. The van der Waals surface area contributed by atoms with E-state index >= 15 is 0 Å². The molecule has 3 unspecified atom stereocenters. The van der Waals surface area contributed by atoms with Gasteiger partial charge >= 0.3 is 5.97 Å². The number of amides is 4. The zero-order valence-electron chi connectivity index (χ0n) is 20.1. The number of aromatic hydroxyl groups is 1. The molecule has 0 saturated carbocycles. The van der Waals surface area contributed by atoms with Crippen LogP contribution in [0.4, 0.5) is 0 Å². The number of carbonyl (C=O) groups excluding carboxylic acids is 4. The van der Waals surface area contributed by atoms with Crippen LogP contribution < -0.4 is 27.4 Å². The van der Waals surface area contributed by atoms with Gasteiger partial charge in [0.1, 0.15) is 24.4 Å². The standard InChI is InChI=1S/C25H31N5O7/c26-18(10-11-21(27)32)23(35)29-20(12-15-4-2-1-3-5-15)25(37)30-19(24(36)28-14-22(33)34)13-16-6-8-17(31)9-7-16/h1-9,18-20,31H,10-14,26H2,(H2,27,32)(H,28,36)(H,29,35)(H,30,37)(H,33,34). The highest BCUT2D eigenvalue weighted by Crippen LogP contribution is 2.12. The van der Waals surface area contributed by atoms with Crippen molar-refractivity contribution >= 4 is 29.6 Å². The molecule has 0 aromatic heterocycles. The number of primary amides is 1. The molecule has 2 aromatic carbocycles. The molecule has 0 saturated heterocycles. The second-order valence-electron chi connectivity index (χ2n) is 8.41. The number of carbonyl (C=O) groups is 5. The minimum Gasteiger partial charge on any atom is -0.508 e. The Morgan fingerprint density at radius 2 is 1.32 bits per heavy atom. The average molecular weight is 514 g/mol. The number of nitrogens with one attached hydrogen (secondary N) is 3. The molecule has 4 amide bonds. The van der Waals surface area contributed by atoms with Crippen LogP contribution in [0.1, 0.15) is 24.0 Å². The van der Waals surface area contributed by atoms with Crippen molar-refractivity contribution < 1.29 is 34.2 Å². The van der Waals surface area contributed by atoms with Gasteiger partial charge in [-0.25, -0.2) is 0 Å². The number of nitrogens with two attached hydrogens (primary N) is 2. The lowest BCUT2D eigenvalue weighted by molar-refractivity contribution is -0.138. The third-order valence-corrected chi connectivity index (χ3v) is 5.38. The van der Waals surface area contributed by atoms with Crippen molar-refractivity contribution in [1.29, 1.82) is 0 Å². The van der Waals surface area contributed by atoms with E-state index in [1.165, 1.54) is 12.1 Å². The highest BCUT2D eigenvalue weighted by molar-refractivity contribution is 5.94. The van der Waals surface area contributed by atoms with E-state index in [2.05, 4.69) is 16.0 Å². The Hall–Kier alpha value is -4.45. The topological polar surface area (TPSA) is 214 Å². The van der Waals surface area contributed by atoms with Gasteiger partial charge in [0.05, 0.1) is 6.04 Å². The summed E-state index contributed by atoms with van der Waals surface area (Å²) in [6.45, 7) is -0.653. The lowest BCUT2D eigenvalue weighted by Gasteiger charge is -2.24. The van der Waals surface area contributed by atoms with Crippen LogP contribution in [0.25, 0.3) is 0 Å². The molecule has 3 atom stereocenters. The molecule has 2 aromatic rings. The second kappa shape index (κ2) is 14.2. The quantitative estimate of drug-likeness (QED) is 0.165. The predicted octanol–water partition coefficient (Wildman–Crippen LogP) is -1.06. The van der Waals surface area contributed by atoms with Crippen molar-refractivity contribution in [3.8, 4) is 5.75 Å². The molecule has 2 rings (SSSR count). The van der Waals surface area contributed by atoms with E-state index in [-0.39, 0.29) is 31.4 Å². The van der Waals surface area contributed by atoms with E-state index in [9.17, 15) is 29.1 Å². The molecule has 0 bridgehead atoms. The molecular formula is C25H31N5O7. The first-order chi connectivity index (χ1) is 17.5. The average Bonchev–Trinajstić information content (AvgIpc) is 2.86. The fourth-order valence-corrected chi connectivity index (χ4v) is 3.40. The molecule has 0 aliphatic heterocycles. The number of rotatable bonds is 14. The van der Waals surface area contributed by atoms with Crippen molar-refractivity contribution in [2.75, 3.05) is 6.54 Å². The molecule has 12 nitrogen and oxygen atoms in total. The second-order valence-corrected chi connectivity index (χ2v) is 8.41. The highest BCUT2D eigenvalue weighted by Gasteiger charge is 2.29. The number of hydrogen-bond donors (Lipinski definition) is 7. The Bertz CT molecular complexity index is 1090. The summed E-state index contributed by atoms with van der Waals surface area (Å²) in [4.78, 5) is 60.6. The molecule has 0 fully saturated rings. The molecule has 12 heteroatoms. The maximum atomic E-state index is 13.3. The molecule has 0 radical (unpaired) electrons. The van der Waals surface area contributed by atoms with Crippen LogP contribution >= 0.6 is 0 Å². The first-order valence-electron chi connectivity index (χ1n) is 11.5. The Morgan fingerprint density at radius 3 is 1.89 bits per heavy atom. The van der Waals surface area contributed by atoms with Crippen molar-refractivity contribution in [3.05, 3.63) is 65.7 Å². The third-order valence-electron chi connectivity index (χ3n) is 5.38. The van der Waals surface area contributed by atoms with E-state index in [0.29, 0.717) is 5.56 Å². The number of benzene rings is 2. The number of phenols is 1. The number of carboxylic acids is 1. The Balaban J connectivity index is 2.23. The fraction of sp³-hybridized carbons (Fsp3) is 0.320. The molecule has 0 spiro atoms. The maximum Gasteiger partial charge on any atom is 0.322 e. The Kier molecular flexibility index (Phi) is 11.0. The monoisotopic (exact) mass is 513 g/mol. The van der Waals surface area contributed by atoms with Gasteiger partial charge in [-0.1, -0.05) is 42.5 Å². The summed E-state index contributed by atoms with van der Waals surface area (Å²) in [5, 5.41) is 25.8. The Labute approximate surface area is 213 Å². The van der Waals surface area contributed by atoms with Crippen LogP contribution in [-0.2, 0) is 36.8 Å². The van der Waals surface area contributed by atoms with Gasteiger partial charge in [0.15, 0.2) is 0 Å². The summed E-state index contributed by atoms with van der Waals surface area (Å²) < 4.78 is 0. The molecule has 0 heterocycles. The van der Waals surface area contributed by atoms with Gasteiger partial charge in [-0.2, -0.15) is 0 Å². The van der Waals surface area contributed by atoms with Gasteiger partial charge in [0, 0.05) is 19.3 Å². The minimum absolute atomic E-state index is 0.0120. The smallest absolute Gasteiger partial charge is 0.322 e. The summed E-state index contributed by atoms with van der Waals surface area (Å²) in [7, 11) is 0. The van der Waals surface area contributed by atoms with Gasteiger partial charge in [-0.05, 0) is 29.7 Å². The summed E-state index contributed by atoms with van der Waals surface area (Å²) in [5.41, 5.74) is 12.3. The summed E-state index contributed by atoms with van der Waals surface area (Å²) in [5.74, 6) is -3.99. The van der Waals surface area contributed by atoms with Gasteiger partial charge in [0.2, 0.25) is 23.6 Å². The normalized spacial score (nSPS) is 13.0. The van der Waals surface area contributed by atoms with E-state index in [0.717, 1.165) is 5.56 Å². The van der Waals surface area contributed by atoms with Crippen LogP contribution in [0.5, 0.6) is 5.75 Å². The fourth-order valence-electron chi connectivity index (χ4n) is 3.40. The lowest BCUT2D eigenvalue weighted by Crippen LogP contribution is -2.57. The summed E-state index contributed by atoms with van der Waals surface area (Å²) >= 11 is 0. The minimum atomic E-state index is -1.26. The zero-order valence-corrected chi connectivity index (χ0v) is 20.1. The third kappa shape index (κ3) is 10.4. The molecule has 9 N–H and O–H groups in total. The lowest BCUT2D eigenvalue weighted by atomic mass is 10.0. The van der Waals surface area contributed by atoms with E-state index in [1.54, 1.807) is 42.5 Å². The Morgan fingerprint density at radius 1 is 0.784 bits per heavy atom. The van der Waals surface area contributed by atoms with Gasteiger partial charge in [0.25, 0.3) is 0 Å². The van der Waals surface area contributed by atoms with Crippen LogP contribution in [0.3, 0.4) is 0 Å². The molecule has 37 heavy (non-hydrogen) atoms. The van der Waals surface area contributed by atoms with Crippen molar-refractivity contribution in [2.45, 2.75) is 43.8 Å². The van der Waals surface area contributed by atoms with Crippen molar-refractivity contribution in [2.24, 2.45) is 11.5 Å². The molecule has 198 valence electrons. The van der Waals surface area contributed by atoms with Gasteiger partial charge in [-0.3, -0.25) is 24.0 Å². The number of carboxylic acid groups (broad SMARTS) is 1. The zero-order chi connectivity index (χ0) is 27.4. The molecular weight excluding hydrogens is 482 g/mol. The van der Waals surface area contributed by atoms with Crippen LogP contribution in [0, 0.1) is 0 Å². The molecule has 0 aliphatic carbocycles. The van der Waals surface area contributed by atoms with E-state index < -0.39 is 54.3 Å². The first kappa shape index (κ1) is 28.8. The summed E-state index contributed by atoms with van der Waals surface area (Å²) in [6.07, 6.45) is -0.0598. The van der Waals surface area contributed by atoms with Crippen molar-refractivity contribution in [3.63, 3.8) is 0 Å². The first-order valence-corrected chi connectivity index (χ1v) is 11.5. The number of phenolic OH excluding ortho intramolecular Hbond substituents is 1. The van der Waals surface area contributed by atoms with Crippen LogP contribution in [0.2, 0.25) is 0 Å². The van der Waals surface area contributed by atoms with Gasteiger partial charge < -0.3 is 37.6 Å². The maximum absolute atomic E-state index is 13.3. The van der Waals surface area contributed by atoms with E-state index in [4.69, 9.17) is 16.6 Å². The van der Waals surface area contributed by atoms with Gasteiger partial charge in [-0.15, -0.1) is 0 Å². The predicted molar refractivity (Wildman–Crippen MR) is 133 cm³/mol. The highest BCUT2D eigenvalue weighted by atomic mass is 16.4. The molecule has 0 aliphatic rings. The van der Waals surface area contributed by atoms with E-state index in [1.807, 2.05) is 0 Å². The summed E-state index contributed by atoms with van der Waals surface area (Å²) in [6, 6.07) is 11.3. The van der Waals surface area contributed by atoms with Crippen LogP contribution in [-0.4, -0.2) is 64.5 Å². The largest absolute Gasteiger partial charge is 0.508 e. The van der Waals surface area contributed by atoms with Crippen molar-refractivity contribution in [1.82, 2.24) is 16.0 Å². The van der Waals surface area contributed by atoms with Crippen LogP contribution in [0.15, 0.2) is 54.6 Å².